The quantitative estimate of drug-likeness (QED) is 0.792. The van der Waals surface area contributed by atoms with Crippen molar-refractivity contribution >= 4 is 5.91 Å². The molecule has 0 radical (unpaired) electrons. The molecule has 2 heterocycles. The molecule has 1 amide bonds. The Kier molecular flexibility index (Phi) is 3.56. The van der Waals surface area contributed by atoms with Gasteiger partial charge in [-0.1, -0.05) is 0 Å². The van der Waals surface area contributed by atoms with Crippen LogP contribution in [0.25, 0.3) is 0 Å². The number of nitrogens with two attached hydrogens (primary N) is 1. The molecule has 0 spiro atoms. The van der Waals surface area contributed by atoms with Crippen molar-refractivity contribution < 1.29 is 4.79 Å². The van der Waals surface area contributed by atoms with E-state index in [4.69, 9.17) is 5.73 Å². The first-order valence-electron chi connectivity index (χ1n) is 5.78. The van der Waals surface area contributed by atoms with Crippen molar-refractivity contribution in [3.8, 4) is 0 Å². The number of carbonyl (C=O) groups excluding carboxylic acids is 1. The average molecular weight is 222 g/mol. The van der Waals surface area contributed by atoms with E-state index in [1.54, 1.807) is 10.9 Å². The molecule has 1 saturated heterocycles. The standard InChI is InChI=1S/C11H18N4O/c12-9-10-3-1-7-15(10)11(16)4-8-14-6-2-5-13-14/h2,5-6,10H,1,3-4,7-9,12H2. The second-order valence-corrected chi connectivity index (χ2v) is 4.14. The van der Waals surface area contributed by atoms with Gasteiger partial charge in [-0.15, -0.1) is 0 Å². The molecule has 1 aromatic rings. The molecule has 0 bridgehead atoms. The molecule has 1 aliphatic rings. The minimum atomic E-state index is 0.198. The van der Waals surface area contributed by atoms with Gasteiger partial charge in [0.05, 0.1) is 0 Å². The van der Waals surface area contributed by atoms with Gasteiger partial charge in [0.25, 0.3) is 0 Å². The minimum Gasteiger partial charge on any atom is -0.338 e. The summed E-state index contributed by atoms with van der Waals surface area (Å²) in [6, 6.07) is 2.12. The SMILES string of the molecule is NCC1CCCN1C(=O)CCn1cccn1. The molecule has 1 fully saturated rings. The topological polar surface area (TPSA) is 64.2 Å². The van der Waals surface area contributed by atoms with Crippen LogP contribution in [0.4, 0.5) is 0 Å². The van der Waals surface area contributed by atoms with E-state index in [1.165, 1.54) is 0 Å². The number of aromatic nitrogens is 2. The van der Waals surface area contributed by atoms with E-state index in [2.05, 4.69) is 5.10 Å². The maximum Gasteiger partial charge on any atom is 0.224 e. The molecule has 88 valence electrons. The third kappa shape index (κ3) is 2.41. The Morgan fingerprint density at radius 3 is 3.12 bits per heavy atom. The summed E-state index contributed by atoms with van der Waals surface area (Å²) < 4.78 is 1.78. The minimum absolute atomic E-state index is 0.198. The van der Waals surface area contributed by atoms with Gasteiger partial charge in [-0.25, -0.2) is 0 Å². The Morgan fingerprint density at radius 2 is 2.44 bits per heavy atom. The number of nitrogens with zero attached hydrogens (tertiary/aromatic N) is 3. The summed E-state index contributed by atoms with van der Waals surface area (Å²) in [6.07, 6.45) is 6.23. The van der Waals surface area contributed by atoms with Gasteiger partial charge < -0.3 is 10.6 Å². The number of carbonyl (C=O) groups is 1. The first kappa shape index (κ1) is 11.1. The van der Waals surface area contributed by atoms with E-state index >= 15 is 0 Å². The second kappa shape index (κ2) is 5.12. The van der Waals surface area contributed by atoms with Gasteiger partial charge in [-0.05, 0) is 18.9 Å². The van der Waals surface area contributed by atoms with E-state index in [9.17, 15) is 4.79 Å². The van der Waals surface area contributed by atoms with Crippen molar-refractivity contribution in [3.05, 3.63) is 18.5 Å². The van der Waals surface area contributed by atoms with Crippen molar-refractivity contribution in [1.82, 2.24) is 14.7 Å². The third-order valence-corrected chi connectivity index (χ3v) is 3.08. The zero-order chi connectivity index (χ0) is 11.4. The zero-order valence-corrected chi connectivity index (χ0v) is 9.38. The Labute approximate surface area is 95.2 Å². The van der Waals surface area contributed by atoms with Crippen molar-refractivity contribution in [2.45, 2.75) is 31.8 Å². The highest BCUT2D eigenvalue weighted by molar-refractivity contribution is 5.76. The van der Waals surface area contributed by atoms with Gasteiger partial charge in [-0.3, -0.25) is 9.48 Å². The molecular weight excluding hydrogens is 204 g/mol. The highest BCUT2D eigenvalue weighted by Crippen LogP contribution is 2.17. The lowest BCUT2D eigenvalue weighted by atomic mass is 10.2. The zero-order valence-electron chi connectivity index (χ0n) is 9.38. The summed E-state index contributed by atoms with van der Waals surface area (Å²) in [5.74, 6) is 0.198. The maximum absolute atomic E-state index is 11.9. The van der Waals surface area contributed by atoms with Crippen LogP contribution in [-0.4, -0.2) is 39.7 Å². The molecule has 2 N–H and O–H groups in total. The molecule has 1 unspecified atom stereocenters. The summed E-state index contributed by atoms with van der Waals surface area (Å²) in [5.41, 5.74) is 5.64. The Balaban J connectivity index is 1.83. The largest absolute Gasteiger partial charge is 0.338 e. The number of rotatable bonds is 4. The highest BCUT2D eigenvalue weighted by atomic mass is 16.2. The molecule has 0 aromatic carbocycles. The molecule has 0 saturated carbocycles. The first-order chi connectivity index (χ1) is 7.81. The van der Waals surface area contributed by atoms with Crippen LogP contribution >= 0.6 is 0 Å². The van der Waals surface area contributed by atoms with Crippen LogP contribution in [0, 0.1) is 0 Å². The lowest BCUT2D eigenvalue weighted by molar-refractivity contribution is -0.132. The lowest BCUT2D eigenvalue weighted by Crippen LogP contribution is -2.40. The third-order valence-electron chi connectivity index (χ3n) is 3.08. The van der Waals surface area contributed by atoms with Gasteiger partial charge in [0.2, 0.25) is 5.91 Å². The number of aryl methyl sites for hydroxylation is 1. The van der Waals surface area contributed by atoms with Gasteiger partial charge in [-0.2, -0.15) is 5.10 Å². The summed E-state index contributed by atoms with van der Waals surface area (Å²) >= 11 is 0. The smallest absolute Gasteiger partial charge is 0.224 e. The fourth-order valence-corrected chi connectivity index (χ4v) is 2.20. The van der Waals surface area contributed by atoms with Gasteiger partial charge in [0.1, 0.15) is 0 Å². The summed E-state index contributed by atoms with van der Waals surface area (Å²) in [7, 11) is 0. The van der Waals surface area contributed by atoms with E-state index in [-0.39, 0.29) is 11.9 Å². The molecule has 5 heteroatoms. The van der Waals surface area contributed by atoms with Gasteiger partial charge >= 0.3 is 0 Å². The van der Waals surface area contributed by atoms with Crippen LogP contribution in [0.1, 0.15) is 19.3 Å². The molecule has 16 heavy (non-hydrogen) atoms. The average Bonchev–Trinajstić information content (AvgIpc) is 2.96. The van der Waals surface area contributed by atoms with Crippen molar-refractivity contribution in [3.63, 3.8) is 0 Å². The Hall–Kier alpha value is -1.36. The molecule has 0 aliphatic carbocycles. The van der Waals surface area contributed by atoms with E-state index in [1.807, 2.05) is 17.2 Å². The van der Waals surface area contributed by atoms with Gasteiger partial charge in [0, 0.05) is 44.5 Å². The Morgan fingerprint density at radius 1 is 1.56 bits per heavy atom. The number of hydrogen-bond donors (Lipinski definition) is 1. The van der Waals surface area contributed by atoms with Crippen LogP contribution in [0.3, 0.4) is 0 Å². The fourth-order valence-electron chi connectivity index (χ4n) is 2.20. The molecule has 5 nitrogen and oxygen atoms in total. The predicted octanol–water partition coefficient (Wildman–Crippen LogP) is 0.223. The molecule has 1 atom stereocenters. The first-order valence-corrected chi connectivity index (χ1v) is 5.78. The van der Waals surface area contributed by atoms with E-state index in [0.717, 1.165) is 19.4 Å². The number of hydrogen-bond acceptors (Lipinski definition) is 3. The molecule has 1 aliphatic heterocycles. The molecule has 1 aromatic heterocycles. The fraction of sp³-hybridized carbons (Fsp3) is 0.636. The Bertz CT molecular complexity index is 336. The van der Waals surface area contributed by atoms with Crippen molar-refractivity contribution in [2.24, 2.45) is 5.73 Å². The maximum atomic E-state index is 11.9. The highest BCUT2D eigenvalue weighted by Gasteiger charge is 2.26. The summed E-state index contributed by atoms with van der Waals surface area (Å²) in [4.78, 5) is 13.9. The van der Waals surface area contributed by atoms with Crippen LogP contribution < -0.4 is 5.73 Å². The summed E-state index contributed by atoms with van der Waals surface area (Å²) in [6.45, 7) is 2.09. The van der Waals surface area contributed by atoms with Crippen LogP contribution in [0.5, 0.6) is 0 Å². The molecule has 2 rings (SSSR count). The number of likely N-dealkylation sites (tertiary alicyclic amines) is 1. The molecular formula is C11H18N4O. The van der Waals surface area contributed by atoms with Crippen molar-refractivity contribution in [1.29, 1.82) is 0 Å². The van der Waals surface area contributed by atoms with Gasteiger partial charge in [0.15, 0.2) is 0 Å². The van der Waals surface area contributed by atoms with Crippen molar-refractivity contribution in [2.75, 3.05) is 13.1 Å². The predicted molar refractivity (Wildman–Crippen MR) is 60.6 cm³/mol. The van der Waals surface area contributed by atoms with Crippen LogP contribution in [0.2, 0.25) is 0 Å². The summed E-state index contributed by atoms with van der Waals surface area (Å²) in [5, 5.41) is 4.08. The van der Waals surface area contributed by atoms with Crippen LogP contribution in [-0.2, 0) is 11.3 Å². The second-order valence-electron chi connectivity index (χ2n) is 4.14. The monoisotopic (exact) mass is 222 g/mol. The lowest BCUT2D eigenvalue weighted by Gasteiger charge is -2.23. The normalized spacial score (nSPS) is 20.3. The number of amides is 1. The van der Waals surface area contributed by atoms with Crippen LogP contribution in [0.15, 0.2) is 18.5 Å². The van der Waals surface area contributed by atoms with E-state index in [0.29, 0.717) is 19.5 Å². The van der Waals surface area contributed by atoms with E-state index < -0.39 is 0 Å².